The third-order valence-corrected chi connectivity index (χ3v) is 4.81. The van der Waals surface area contributed by atoms with Crippen LogP contribution in [0.5, 0.6) is 0 Å². The van der Waals surface area contributed by atoms with Gasteiger partial charge in [-0.15, -0.1) is 10.2 Å². The Balaban J connectivity index is 1.66. The van der Waals surface area contributed by atoms with Crippen LogP contribution < -0.4 is 5.32 Å². The molecule has 140 valence electrons. The SMILES string of the molecule is Cc1ccc(-c2nnc(SCC(=O)Nc3ccc(F)c(F)c3F)n2C)cc1. The summed E-state index contributed by atoms with van der Waals surface area (Å²) >= 11 is 1.09. The second-order valence-corrected chi connectivity index (χ2v) is 6.73. The lowest BCUT2D eigenvalue weighted by molar-refractivity contribution is -0.113. The zero-order valence-corrected chi connectivity index (χ0v) is 15.3. The largest absolute Gasteiger partial charge is 0.323 e. The molecule has 5 nitrogen and oxygen atoms in total. The fourth-order valence-corrected chi connectivity index (χ4v) is 3.04. The number of hydrogen-bond acceptors (Lipinski definition) is 4. The summed E-state index contributed by atoms with van der Waals surface area (Å²) in [7, 11) is 1.77. The van der Waals surface area contributed by atoms with Crippen molar-refractivity contribution in [1.29, 1.82) is 0 Å². The third kappa shape index (κ3) is 4.13. The molecule has 1 aromatic heterocycles. The maximum Gasteiger partial charge on any atom is 0.234 e. The highest BCUT2D eigenvalue weighted by atomic mass is 32.2. The van der Waals surface area contributed by atoms with Gasteiger partial charge in [0.15, 0.2) is 28.4 Å². The van der Waals surface area contributed by atoms with E-state index in [4.69, 9.17) is 0 Å². The Hall–Kier alpha value is -2.81. The summed E-state index contributed by atoms with van der Waals surface area (Å²) < 4.78 is 41.5. The molecule has 0 aliphatic rings. The van der Waals surface area contributed by atoms with E-state index in [0.29, 0.717) is 11.0 Å². The average molecular weight is 392 g/mol. The number of carbonyl (C=O) groups excluding carboxylic acids is 1. The van der Waals surface area contributed by atoms with Crippen LogP contribution in [0.4, 0.5) is 18.9 Å². The van der Waals surface area contributed by atoms with E-state index in [2.05, 4.69) is 15.5 Å². The van der Waals surface area contributed by atoms with Gasteiger partial charge in [-0.3, -0.25) is 4.79 Å². The van der Waals surface area contributed by atoms with E-state index in [1.165, 1.54) is 0 Å². The molecule has 1 N–H and O–H groups in total. The predicted octanol–water partition coefficient (Wildman–Crippen LogP) is 3.94. The number of aromatic nitrogens is 3. The summed E-state index contributed by atoms with van der Waals surface area (Å²) in [4.78, 5) is 12.0. The van der Waals surface area contributed by atoms with Crippen molar-refractivity contribution < 1.29 is 18.0 Å². The zero-order chi connectivity index (χ0) is 19.6. The quantitative estimate of drug-likeness (QED) is 0.528. The summed E-state index contributed by atoms with van der Waals surface area (Å²) in [5.41, 5.74) is 1.59. The number of rotatable bonds is 5. The summed E-state index contributed by atoms with van der Waals surface area (Å²) in [5.74, 6) is -4.42. The summed E-state index contributed by atoms with van der Waals surface area (Å²) in [6, 6.07) is 9.48. The molecule has 0 radical (unpaired) electrons. The number of halogens is 3. The molecule has 0 atom stereocenters. The van der Waals surface area contributed by atoms with Crippen LogP contribution in [0.2, 0.25) is 0 Å². The van der Waals surface area contributed by atoms with Gasteiger partial charge in [-0.05, 0) is 19.1 Å². The van der Waals surface area contributed by atoms with Gasteiger partial charge in [0.2, 0.25) is 5.91 Å². The molecule has 9 heteroatoms. The van der Waals surface area contributed by atoms with Crippen LogP contribution in [-0.4, -0.2) is 26.4 Å². The molecule has 0 saturated heterocycles. The molecule has 0 fully saturated rings. The molecule has 1 amide bonds. The number of hydrogen-bond donors (Lipinski definition) is 1. The van der Waals surface area contributed by atoms with Gasteiger partial charge in [-0.1, -0.05) is 41.6 Å². The first-order valence-corrected chi connectivity index (χ1v) is 8.88. The zero-order valence-electron chi connectivity index (χ0n) is 14.5. The number of anilines is 1. The molecule has 0 bridgehead atoms. The number of benzene rings is 2. The highest BCUT2D eigenvalue weighted by Gasteiger charge is 2.17. The maximum absolute atomic E-state index is 13.6. The Morgan fingerprint density at radius 1 is 1.07 bits per heavy atom. The van der Waals surface area contributed by atoms with Crippen molar-refractivity contribution in [2.24, 2.45) is 7.05 Å². The number of aryl methyl sites for hydroxylation is 1. The van der Waals surface area contributed by atoms with Crippen LogP contribution in [0, 0.1) is 24.4 Å². The Morgan fingerprint density at radius 3 is 2.48 bits per heavy atom. The maximum atomic E-state index is 13.6. The number of nitrogens with one attached hydrogen (secondary N) is 1. The van der Waals surface area contributed by atoms with Crippen LogP contribution in [0.15, 0.2) is 41.6 Å². The molecule has 0 aliphatic carbocycles. The molecular formula is C18H15F3N4OS. The highest BCUT2D eigenvalue weighted by molar-refractivity contribution is 7.99. The first-order chi connectivity index (χ1) is 12.9. The van der Waals surface area contributed by atoms with Gasteiger partial charge in [0.05, 0.1) is 11.4 Å². The minimum absolute atomic E-state index is 0.0989. The number of nitrogens with zero attached hydrogens (tertiary/aromatic N) is 3. The molecule has 27 heavy (non-hydrogen) atoms. The van der Waals surface area contributed by atoms with E-state index in [9.17, 15) is 18.0 Å². The Bertz CT molecular complexity index is 989. The van der Waals surface area contributed by atoms with E-state index >= 15 is 0 Å². The molecule has 1 heterocycles. The number of amides is 1. The van der Waals surface area contributed by atoms with Gasteiger partial charge in [0, 0.05) is 12.6 Å². The summed E-state index contributed by atoms with van der Waals surface area (Å²) in [6.07, 6.45) is 0. The van der Waals surface area contributed by atoms with Gasteiger partial charge in [-0.25, -0.2) is 13.2 Å². The lowest BCUT2D eigenvalue weighted by Gasteiger charge is -2.07. The van der Waals surface area contributed by atoms with Crippen molar-refractivity contribution >= 4 is 23.4 Å². The lowest BCUT2D eigenvalue weighted by Crippen LogP contribution is -2.16. The smallest absolute Gasteiger partial charge is 0.234 e. The predicted molar refractivity (Wildman–Crippen MR) is 96.8 cm³/mol. The first kappa shape index (κ1) is 19.0. The molecule has 3 aromatic rings. The Kier molecular flexibility index (Phi) is 5.50. The number of thioether (sulfide) groups is 1. The molecule has 0 unspecified atom stereocenters. The van der Waals surface area contributed by atoms with Crippen LogP contribution >= 0.6 is 11.8 Å². The third-order valence-electron chi connectivity index (χ3n) is 3.79. The highest BCUT2D eigenvalue weighted by Crippen LogP contribution is 2.24. The minimum atomic E-state index is -1.63. The van der Waals surface area contributed by atoms with Crippen molar-refractivity contribution in [2.75, 3.05) is 11.1 Å². The van der Waals surface area contributed by atoms with Gasteiger partial charge >= 0.3 is 0 Å². The van der Waals surface area contributed by atoms with Crippen molar-refractivity contribution in [3.05, 3.63) is 59.4 Å². The van der Waals surface area contributed by atoms with E-state index in [0.717, 1.165) is 35.0 Å². The van der Waals surface area contributed by atoms with Crippen LogP contribution in [0.3, 0.4) is 0 Å². The second-order valence-electron chi connectivity index (χ2n) is 5.79. The van der Waals surface area contributed by atoms with Gasteiger partial charge < -0.3 is 9.88 Å². The minimum Gasteiger partial charge on any atom is -0.323 e. The second kappa shape index (κ2) is 7.83. The Morgan fingerprint density at radius 2 is 1.78 bits per heavy atom. The van der Waals surface area contributed by atoms with Crippen molar-refractivity contribution in [2.45, 2.75) is 12.1 Å². The lowest BCUT2D eigenvalue weighted by atomic mass is 10.1. The van der Waals surface area contributed by atoms with Crippen molar-refractivity contribution in [1.82, 2.24) is 14.8 Å². The normalized spacial score (nSPS) is 10.9. The van der Waals surface area contributed by atoms with Crippen LogP contribution in [-0.2, 0) is 11.8 Å². The van der Waals surface area contributed by atoms with Crippen LogP contribution in [0.1, 0.15) is 5.56 Å². The Labute approximate surface area is 157 Å². The van der Waals surface area contributed by atoms with Gasteiger partial charge in [0.25, 0.3) is 0 Å². The molecule has 0 spiro atoms. The monoisotopic (exact) mass is 392 g/mol. The fourth-order valence-electron chi connectivity index (χ4n) is 2.33. The molecule has 0 saturated carbocycles. The van der Waals surface area contributed by atoms with Gasteiger partial charge in [0.1, 0.15) is 0 Å². The van der Waals surface area contributed by atoms with E-state index in [1.54, 1.807) is 11.6 Å². The van der Waals surface area contributed by atoms with E-state index in [1.807, 2.05) is 31.2 Å². The van der Waals surface area contributed by atoms with E-state index < -0.39 is 29.0 Å². The molecule has 2 aromatic carbocycles. The molecular weight excluding hydrogens is 377 g/mol. The standard InChI is InChI=1S/C18H15F3N4OS/c1-10-3-5-11(6-4-10)17-23-24-18(25(17)2)27-9-14(26)22-13-8-7-12(19)15(20)16(13)21/h3-8H,9H2,1-2H3,(H,22,26). The first-order valence-electron chi connectivity index (χ1n) is 7.89. The average Bonchev–Trinajstić information content (AvgIpc) is 3.02. The van der Waals surface area contributed by atoms with Crippen LogP contribution in [0.25, 0.3) is 11.4 Å². The molecule has 0 aliphatic heterocycles. The fraction of sp³-hybridized carbons (Fsp3) is 0.167. The number of carbonyl (C=O) groups is 1. The van der Waals surface area contributed by atoms with Crippen molar-refractivity contribution in [3.63, 3.8) is 0 Å². The van der Waals surface area contributed by atoms with Crippen molar-refractivity contribution in [3.8, 4) is 11.4 Å². The van der Waals surface area contributed by atoms with Gasteiger partial charge in [-0.2, -0.15) is 0 Å². The summed E-state index contributed by atoms with van der Waals surface area (Å²) in [6.45, 7) is 1.98. The molecule has 3 rings (SSSR count). The summed E-state index contributed by atoms with van der Waals surface area (Å²) in [5, 5.41) is 10.9. The van der Waals surface area contributed by atoms with E-state index in [-0.39, 0.29) is 5.75 Å². The topological polar surface area (TPSA) is 59.8 Å².